The van der Waals surface area contributed by atoms with Crippen LogP contribution in [0.25, 0.3) is 5.57 Å². The second kappa shape index (κ2) is 5.24. The molecule has 1 aromatic heterocycles. The van der Waals surface area contributed by atoms with Gasteiger partial charge >= 0.3 is 0 Å². The minimum atomic E-state index is 0.0292. The highest BCUT2D eigenvalue weighted by Gasteiger charge is 2.54. The number of rotatable bonds is 2. The monoisotopic (exact) mass is 325 g/mol. The Morgan fingerprint density at radius 2 is 2.17 bits per heavy atom. The standard InChI is InChI=1S/C19H23N3O2/c1-23-18-7-4-14(11-20-18)15-8-17-10-19(24-22(17)21-12-15)9-13-2-5-16(19)6-3-13/h4,7-8,11-13,16,21H,2-3,5-6,9-10H2,1H3/t13-,16+,19-/m1/s1. The molecule has 3 aliphatic carbocycles. The van der Waals surface area contributed by atoms with Gasteiger partial charge in [0.25, 0.3) is 0 Å². The normalized spacial score (nSPS) is 33.8. The summed E-state index contributed by atoms with van der Waals surface area (Å²) in [5, 5.41) is 1.89. The molecule has 2 bridgehead atoms. The average Bonchev–Trinajstić information content (AvgIpc) is 2.99. The topological polar surface area (TPSA) is 46.6 Å². The Morgan fingerprint density at radius 3 is 2.83 bits per heavy atom. The number of aromatic nitrogens is 1. The SMILES string of the molecule is COc1ccc(C2=CNN3O[C@@]4(CC3=C2)C[C@H]2CC[C@@H]4CC2)cn1. The van der Waals surface area contributed by atoms with E-state index >= 15 is 0 Å². The van der Waals surface area contributed by atoms with E-state index in [0.717, 1.165) is 23.5 Å². The summed E-state index contributed by atoms with van der Waals surface area (Å²) in [6.07, 6.45) is 13.8. The van der Waals surface area contributed by atoms with Crippen LogP contribution in [-0.4, -0.2) is 22.9 Å². The predicted octanol–water partition coefficient (Wildman–Crippen LogP) is 3.42. The molecular weight excluding hydrogens is 302 g/mol. The lowest BCUT2D eigenvalue weighted by molar-refractivity contribution is -0.247. The fourth-order valence-electron chi connectivity index (χ4n) is 4.93. The van der Waals surface area contributed by atoms with Gasteiger partial charge in [0.15, 0.2) is 0 Å². The van der Waals surface area contributed by atoms with Crippen LogP contribution in [0.3, 0.4) is 0 Å². The van der Waals surface area contributed by atoms with Crippen LogP contribution < -0.4 is 10.2 Å². The molecule has 1 saturated heterocycles. The van der Waals surface area contributed by atoms with Gasteiger partial charge in [0.05, 0.1) is 12.8 Å². The summed E-state index contributed by atoms with van der Waals surface area (Å²) in [5.74, 6) is 2.20. The first-order valence-corrected chi connectivity index (χ1v) is 8.92. The fourth-order valence-corrected chi connectivity index (χ4v) is 4.93. The Labute approximate surface area is 142 Å². The number of hydrazine groups is 1. The maximum Gasteiger partial charge on any atom is 0.212 e. The molecule has 3 saturated carbocycles. The largest absolute Gasteiger partial charge is 0.481 e. The molecule has 24 heavy (non-hydrogen) atoms. The number of ether oxygens (including phenoxy) is 1. The smallest absolute Gasteiger partial charge is 0.212 e. The lowest BCUT2D eigenvalue weighted by Gasteiger charge is -2.48. The molecule has 0 amide bonds. The number of pyridine rings is 1. The zero-order valence-electron chi connectivity index (χ0n) is 14.0. The van der Waals surface area contributed by atoms with E-state index in [9.17, 15) is 0 Å². The Morgan fingerprint density at radius 1 is 1.29 bits per heavy atom. The summed E-state index contributed by atoms with van der Waals surface area (Å²) < 4.78 is 5.14. The summed E-state index contributed by atoms with van der Waals surface area (Å²) in [5.41, 5.74) is 6.79. The van der Waals surface area contributed by atoms with Crippen LogP contribution in [0.2, 0.25) is 0 Å². The molecule has 4 fully saturated rings. The molecule has 5 nitrogen and oxygen atoms in total. The van der Waals surface area contributed by atoms with Gasteiger partial charge in [-0.1, -0.05) is 0 Å². The van der Waals surface area contributed by atoms with Crippen molar-refractivity contribution in [2.45, 2.75) is 44.1 Å². The number of nitrogens with one attached hydrogen (secondary N) is 1. The summed E-state index contributed by atoms with van der Waals surface area (Å²) in [4.78, 5) is 10.7. The maximum absolute atomic E-state index is 6.42. The van der Waals surface area contributed by atoms with Gasteiger partial charge in [-0.05, 0) is 56.1 Å². The van der Waals surface area contributed by atoms with E-state index in [1.165, 1.54) is 37.8 Å². The average molecular weight is 325 g/mol. The molecule has 0 unspecified atom stereocenters. The van der Waals surface area contributed by atoms with E-state index in [1.54, 1.807) is 7.11 Å². The van der Waals surface area contributed by atoms with Gasteiger partial charge in [0, 0.05) is 36.0 Å². The van der Waals surface area contributed by atoms with Gasteiger partial charge in [-0.25, -0.2) is 9.82 Å². The van der Waals surface area contributed by atoms with Crippen molar-refractivity contribution >= 4 is 5.57 Å². The van der Waals surface area contributed by atoms with Crippen LogP contribution >= 0.6 is 0 Å². The van der Waals surface area contributed by atoms with Crippen LogP contribution in [0.5, 0.6) is 5.88 Å². The van der Waals surface area contributed by atoms with Gasteiger partial charge in [0.1, 0.15) is 5.60 Å². The number of hydrogen-bond acceptors (Lipinski definition) is 5. The Bertz CT molecular complexity index is 704. The van der Waals surface area contributed by atoms with Gasteiger partial charge in [-0.3, -0.25) is 5.43 Å². The maximum atomic E-state index is 6.42. The third kappa shape index (κ3) is 2.14. The van der Waals surface area contributed by atoms with E-state index in [4.69, 9.17) is 9.57 Å². The first-order valence-electron chi connectivity index (χ1n) is 8.92. The molecule has 5 heteroatoms. The first kappa shape index (κ1) is 14.3. The summed E-state index contributed by atoms with van der Waals surface area (Å²) in [6, 6.07) is 3.94. The van der Waals surface area contributed by atoms with E-state index in [-0.39, 0.29) is 5.60 Å². The van der Waals surface area contributed by atoms with Gasteiger partial charge in [0.2, 0.25) is 5.88 Å². The quantitative estimate of drug-likeness (QED) is 0.903. The highest BCUT2D eigenvalue weighted by molar-refractivity contribution is 5.74. The van der Waals surface area contributed by atoms with Crippen molar-refractivity contribution in [3.05, 3.63) is 41.9 Å². The summed E-state index contributed by atoms with van der Waals surface area (Å²) >= 11 is 0. The van der Waals surface area contributed by atoms with E-state index in [0.29, 0.717) is 11.8 Å². The minimum absolute atomic E-state index is 0.0292. The summed E-state index contributed by atoms with van der Waals surface area (Å²) in [6.45, 7) is 0. The number of allylic oxidation sites excluding steroid dienone is 2. The number of hydrogen-bond donors (Lipinski definition) is 1. The van der Waals surface area contributed by atoms with Crippen LogP contribution in [-0.2, 0) is 4.84 Å². The van der Waals surface area contributed by atoms with Crippen molar-refractivity contribution in [1.29, 1.82) is 0 Å². The van der Waals surface area contributed by atoms with Crippen LogP contribution in [0.15, 0.2) is 36.3 Å². The molecule has 6 rings (SSSR count). The second-order valence-corrected chi connectivity index (χ2v) is 7.50. The van der Waals surface area contributed by atoms with Crippen molar-refractivity contribution < 1.29 is 9.57 Å². The Kier molecular flexibility index (Phi) is 3.13. The number of methoxy groups -OCH3 is 1. The lowest BCUT2D eigenvalue weighted by atomic mass is 9.61. The molecule has 126 valence electrons. The van der Waals surface area contributed by atoms with Crippen molar-refractivity contribution in [2.24, 2.45) is 11.8 Å². The molecule has 1 atom stereocenters. The highest BCUT2D eigenvalue weighted by atomic mass is 16.7. The predicted molar refractivity (Wildman–Crippen MR) is 90.3 cm³/mol. The third-order valence-corrected chi connectivity index (χ3v) is 6.18. The van der Waals surface area contributed by atoms with E-state index in [2.05, 4.69) is 16.5 Å². The molecule has 0 radical (unpaired) electrons. The van der Waals surface area contributed by atoms with Crippen molar-refractivity contribution in [1.82, 2.24) is 15.6 Å². The van der Waals surface area contributed by atoms with Crippen molar-refractivity contribution in [3.8, 4) is 5.88 Å². The molecular formula is C19H23N3O2. The molecule has 0 aromatic carbocycles. The Balaban J connectivity index is 1.40. The van der Waals surface area contributed by atoms with Crippen LogP contribution in [0, 0.1) is 11.8 Å². The molecule has 5 aliphatic rings. The highest BCUT2D eigenvalue weighted by Crippen LogP contribution is 2.55. The van der Waals surface area contributed by atoms with E-state index < -0.39 is 0 Å². The minimum Gasteiger partial charge on any atom is -0.481 e. The fraction of sp³-hybridized carbons (Fsp3) is 0.526. The molecule has 3 heterocycles. The van der Waals surface area contributed by atoms with Gasteiger partial charge in [-0.2, -0.15) is 5.17 Å². The molecule has 1 N–H and O–H groups in total. The number of fused-ring (bicyclic) bond motifs is 3. The van der Waals surface area contributed by atoms with Crippen molar-refractivity contribution in [3.63, 3.8) is 0 Å². The Hall–Kier alpha value is -2.01. The number of nitrogens with zero attached hydrogens (tertiary/aromatic N) is 2. The molecule has 1 spiro atoms. The first-order chi connectivity index (χ1) is 11.8. The number of hydroxylamine groups is 1. The van der Waals surface area contributed by atoms with Crippen LogP contribution in [0.4, 0.5) is 0 Å². The van der Waals surface area contributed by atoms with Gasteiger partial charge < -0.3 is 4.74 Å². The van der Waals surface area contributed by atoms with Crippen LogP contribution in [0.1, 0.15) is 44.1 Å². The molecule has 2 aliphatic heterocycles. The zero-order valence-corrected chi connectivity index (χ0v) is 14.0. The zero-order chi connectivity index (χ0) is 16.1. The van der Waals surface area contributed by atoms with Crippen molar-refractivity contribution in [2.75, 3.05) is 7.11 Å². The second-order valence-electron chi connectivity index (χ2n) is 7.50. The van der Waals surface area contributed by atoms with Gasteiger partial charge in [-0.15, -0.1) is 0 Å². The third-order valence-electron chi connectivity index (χ3n) is 6.18. The van der Waals surface area contributed by atoms with E-state index in [1.807, 2.05) is 29.7 Å². The lowest BCUT2D eigenvalue weighted by Crippen LogP contribution is -2.48. The summed E-state index contributed by atoms with van der Waals surface area (Å²) in [7, 11) is 1.64. The molecule has 1 aromatic rings.